The molecule has 3 nitrogen and oxygen atoms in total. The zero-order valence-electron chi connectivity index (χ0n) is 21.2. The molecule has 4 heteroatoms. The minimum Gasteiger partial charge on any atom is -0.303 e. The summed E-state index contributed by atoms with van der Waals surface area (Å²) in [5.41, 5.74) is 1.21. The van der Waals surface area contributed by atoms with Gasteiger partial charge < -0.3 is 9.05 Å². The van der Waals surface area contributed by atoms with Gasteiger partial charge in [-0.25, -0.2) is 0 Å². The Bertz CT molecular complexity index is 443. The van der Waals surface area contributed by atoms with Crippen molar-refractivity contribution in [3.63, 3.8) is 0 Å². The normalized spacial score (nSPS) is 13.0. The summed E-state index contributed by atoms with van der Waals surface area (Å²) in [6.07, 6.45) is 20.9. The Balaban J connectivity index is 3.90. The molecule has 0 amide bonds. The van der Waals surface area contributed by atoms with Crippen molar-refractivity contribution < 1.29 is 13.6 Å². The van der Waals surface area contributed by atoms with Gasteiger partial charge in [-0.05, 0) is 47.0 Å². The third-order valence-electron chi connectivity index (χ3n) is 5.36. The highest BCUT2D eigenvalue weighted by molar-refractivity contribution is 7.57. The molecule has 0 atom stereocenters. The van der Waals surface area contributed by atoms with E-state index in [0.717, 1.165) is 12.8 Å². The third-order valence-corrected chi connectivity index (χ3v) is 7.47. The van der Waals surface area contributed by atoms with Gasteiger partial charge in [0.15, 0.2) is 0 Å². The van der Waals surface area contributed by atoms with Crippen molar-refractivity contribution in [2.24, 2.45) is 0 Å². The standard InChI is InChI=1S/C26H53O3P/c1-7-9-10-11-12-13-14-15-16-17-18-19-20-21-22-26(8-2)23-30(27,28-24(3)4)29-25(5)6/h23-25H,7-22H2,1-6H3. The lowest BCUT2D eigenvalue weighted by molar-refractivity contribution is 0.149. The number of hydrogen-bond acceptors (Lipinski definition) is 3. The maximum Gasteiger partial charge on any atom is 0.354 e. The summed E-state index contributed by atoms with van der Waals surface area (Å²) in [6.45, 7) is 12.0. The minimum absolute atomic E-state index is 0.106. The highest BCUT2D eigenvalue weighted by Crippen LogP contribution is 2.53. The van der Waals surface area contributed by atoms with Crippen molar-refractivity contribution in [3.05, 3.63) is 11.4 Å². The van der Waals surface area contributed by atoms with Gasteiger partial charge in [0.2, 0.25) is 0 Å². The van der Waals surface area contributed by atoms with Gasteiger partial charge in [0.25, 0.3) is 0 Å². The molecule has 0 aliphatic rings. The molecule has 0 bridgehead atoms. The van der Waals surface area contributed by atoms with E-state index in [1.54, 1.807) is 5.82 Å². The second-order valence-electron chi connectivity index (χ2n) is 9.34. The lowest BCUT2D eigenvalue weighted by Crippen LogP contribution is -2.07. The van der Waals surface area contributed by atoms with Gasteiger partial charge in [-0.1, -0.05) is 103 Å². The SMILES string of the molecule is CCCCCCCCCCCCCCCCC(=CP(=O)(OC(C)C)OC(C)C)CC. The first-order valence-corrected chi connectivity index (χ1v) is 14.6. The largest absolute Gasteiger partial charge is 0.354 e. The van der Waals surface area contributed by atoms with Crippen LogP contribution in [0.15, 0.2) is 11.4 Å². The first-order chi connectivity index (χ1) is 14.3. The molecule has 0 fully saturated rings. The second kappa shape index (κ2) is 19.6. The van der Waals surface area contributed by atoms with Crippen LogP contribution in [0.2, 0.25) is 0 Å². The first kappa shape index (κ1) is 29.9. The second-order valence-corrected chi connectivity index (χ2v) is 11.1. The van der Waals surface area contributed by atoms with Gasteiger partial charge in [-0.2, -0.15) is 0 Å². The van der Waals surface area contributed by atoms with Crippen molar-refractivity contribution in [3.8, 4) is 0 Å². The molecule has 0 N–H and O–H groups in total. The van der Waals surface area contributed by atoms with E-state index in [9.17, 15) is 4.57 Å². The first-order valence-electron chi connectivity index (χ1n) is 13.0. The summed E-state index contributed by atoms with van der Waals surface area (Å²) in [4.78, 5) is 0. The number of hydrogen-bond donors (Lipinski definition) is 0. The van der Waals surface area contributed by atoms with Crippen LogP contribution < -0.4 is 0 Å². The molecule has 0 spiro atoms. The van der Waals surface area contributed by atoms with E-state index in [1.807, 2.05) is 27.7 Å². The molecule has 0 aliphatic heterocycles. The zero-order valence-corrected chi connectivity index (χ0v) is 22.1. The molecular formula is C26H53O3P. The van der Waals surface area contributed by atoms with Crippen LogP contribution in [0, 0.1) is 0 Å². The van der Waals surface area contributed by atoms with Crippen LogP contribution in [0.4, 0.5) is 0 Å². The molecule has 0 saturated heterocycles. The highest BCUT2D eigenvalue weighted by atomic mass is 31.2. The van der Waals surface area contributed by atoms with Crippen LogP contribution in [-0.4, -0.2) is 12.2 Å². The Hall–Kier alpha value is -0.110. The molecule has 0 radical (unpaired) electrons. The van der Waals surface area contributed by atoms with Crippen molar-refractivity contribution in [1.82, 2.24) is 0 Å². The van der Waals surface area contributed by atoms with E-state index in [0.29, 0.717) is 0 Å². The summed E-state index contributed by atoms with van der Waals surface area (Å²) in [6, 6.07) is 0. The van der Waals surface area contributed by atoms with Crippen LogP contribution in [-0.2, 0) is 13.6 Å². The van der Waals surface area contributed by atoms with Crippen molar-refractivity contribution >= 4 is 7.60 Å². The van der Waals surface area contributed by atoms with Gasteiger partial charge in [0.05, 0.1) is 12.2 Å². The number of rotatable bonds is 21. The summed E-state index contributed by atoms with van der Waals surface area (Å²) >= 11 is 0. The lowest BCUT2D eigenvalue weighted by Gasteiger charge is -2.21. The van der Waals surface area contributed by atoms with E-state index in [-0.39, 0.29) is 12.2 Å². The monoisotopic (exact) mass is 444 g/mol. The van der Waals surface area contributed by atoms with Gasteiger partial charge >= 0.3 is 7.60 Å². The maximum atomic E-state index is 13.0. The fourth-order valence-electron chi connectivity index (χ4n) is 3.78. The number of unbranched alkanes of at least 4 members (excludes halogenated alkanes) is 13. The lowest BCUT2D eigenvalue weighted by atomic mass is 10.0. The Morgan fingerprint density at radius 1 is 0.667 bits per heavy atom. The maximum absolute atomic E-state index is 13.0. The molecule has 0 aromatic rings. The topological polar surface area (TPSA) is 35.5 Å². The third kappa shape index (κ3) is 18.6. The average molecular weight is 445 g/mol. The molecule has 0 aliphatic carbocycles. The predicted molar refractivity (Wildman–Crippen MR) is 133 cm³/mol. The van der Waals surface area contributed by atoms with Gasteiger partial charge in [-0.15, -0.1) is 0 Å². The van der Waals surface area contributed by atoms with Gasteiger partial charge in [-0.3, -0.25) is 4.57 Å². The van der Waals surface area contributed by atoms with Gasteiger partial charge in [0.1, 0.15) is 0 Å². The number of allylic oxidation sites excluding steroid dienone is 1. The van der Waals surface area contributed by atoms with Crippen molar-refractivity contribution in [1.29, 1.82) is 0 Å². The van der Waals surface area contributed by atoms with E-state index < -0.39 is 7.60 Å². The molecule has 0 aromatic heterocycles. The molecule has 0 aromatic carbocycles. The van der Waals surface area contributed by atoms with Crippen LogP contribution in [0.1, 0.15) is 144 Å². The zero-order chi connectivity index (χ0) is 22.7. The van der Waals surface area contributed by atoms with Gasteiger partial charge in [0, 0.05) is 5.82 Å². The van der Waals surface area contributed by atoms with Crippen molar-refractivity contribution in [2.45, 2.75) is 156 Å². The Morgan fingerprint density at radius 3 is 1.37 bits per heavy atom. The van der Waals surface area contributed by atoms with E-state index in [1.165, 1.54) is 95.5 Å². The fraction of sp³-hybridized carbons (Fsp3) is 0.923. The van der Waals surface area contributed by atoms with E-state index in [4.69, 9.17) is 9.05 Å². The summed E-state index contributed by atoms with van der Waals surface area (Å²) < 4.78 is 24.4. The average Bonchev–Trinajstić information content (AvgIpc) is 2.65. The van der Waals surface area contributed by atoms with E-state index in [2.05, 4.69) is 13.8 Å². The fourth-order valence-corrected chi connectivity index (χ4v) is 5.88. The molecule has 180 valence electrons. The summed E-state index contributed by atoms with van der Waals surface area (Å²) in [5, 5.41) is 0. The molecule has 0 heterocycles. The Morgan fingerprint density at radius 2 is 1.03 bits per heavy atom. The molecule has 0 rings (SSSR count). The van der Waals surface area contributed by atoms with Crippen LogP contribution >= 0.6 is 7.60 Å². The Kier molecular flexibility index (Phi) is 19.5. The van der Waals surface area contributed by atoms with Crippen molar-refractivity contribution in [2.75, 3.05) is 0 Å². The predicted octanol–water partition coefficient (Wildman–Crippen LogP) is 10.2. The van der Waals surface area contributed by atoms with Crippen LogP contribution in [0.3, 0.4) is 0 Å². The van der Waals surface area contributed by atoms with Crippen LogP contribution in [0.25, 0.3) is 0 Å². The summed E-state index contributed by atoms with van der Waals surface area (Å²) in [5.74, 6) is 1.80. The summed E-state index contributed by atoms with van der Waals surface area (Å²) in [7, 11) is -3.15. The minimum atomic E-state index is -3.15. The molecule has 0 unspecified atom stereocenters. The molecular weight excluding hydrogens is 391 g/mol. The quantitative estimate of drug-likeness (QED) is 0.130. The molecule has 30 heavy (non-hydrogen) atoms. The van der Waals surface area contributed by atoms with Crippen LogP contribution in [0.5, 0.6) is 0 Å². The Labute approximate surface area is 189 Å². The van der Waals surface area contributed by atoms with E-state index >= 15 is 0 Å². The molecule has 0 saturated carbocycles. The highest BCUT2D eigenvalue weighted by Gasteiger charge is 2.25. The smallest absolute Gasteiger partial charge is 0.303 e.